The summed E-state index contributed by atoms with van der Waals surface area (Å²) in [6.45, 7) is 6.01. The lowest BCUT2D eigenvalue weighted by molar-refractivity contribution is -0.119. The summed E-state index contributed by atoms with van der Waals surface area (Å²) in [5.74, 6) is 0.425. The van der Waals surface area contributed by atoms with Crippen molar-refractivity contribution in [3.63, 3.8) is 0 Å². The molecule has 4 aromatic rings. The standard InChI is InChI=1S/C27H28N4O2/c1-19(2)31(22-14-8-5-9-15-22)25(32)18-30-24-17-11-10-16-23(24)29-26(30)20(3)28-27(33)21-12-6-4-7-13-21/h4-17,19-20H,18H2,1-3H3,(H,28,33). The summed E-state index contributed by atoms with van der Waals surface area (Å²) in [4.78, 5) is 32.8. The van der Waals surface area contributed by atoms with E-state index < -0.39 is 0 Å². The number of carbonyl (C=O) groups is 2. The molecule has 1 atom stereocenters. The lowest BCUT2D eigenvalue weighted by Gasteiger charge is -2.28. The molecule has 6 heteroatoms. The van der Waals surface area contributed by atoms with E-state index in [1.165, 1.54) is 0 Å². The second-order valence-corrected chi connectivity index (χ2v) is 8.30. The molecular weight excluding hydrogens is 412 g/mol. The zero-order chi connectivity index (χ0) is 23.4. The van der Waals surface area contributed by atoms with Crippen LogP contribution in [0.2, 0.25) is 0 Å². The van der Waals surface area contributed by atoms with Gasteiger partial charge in [0.1, 0.15) is 12.4 Å². The highest BCUT2D eigenvalue weighted by Crippen LogP contribution is 2.23. The van der Waals surface area contributed by atoms with Crippen LogP contribution in [0.5, 0.6) is 0 Å². The van der Waals surface area contributed by atoms with Gasteiger partial charge < -0.3 is 14.8 Å². The van der Waals surface area contributed by atoms with Crippen LogP contribution in [0.3, 0.4) is 0 Å². The summed E-state index contributed by atoms with van der Waals surface area (Å²) < 4.78 is 1.91. The number of imidazole rings is 1. The molecule has 0 aliphatic rings. The fraction of sp³-hybridized carbons (Fsp3) is 0.222. The van der Waals surface area contributed by atoms with Crippen molar-refractivity contribution in [1.82, 2.24) is 14.9 Å². The molecule has 33 heavy (non-hydrogen) atoms. The maximum atomic E-state index is 13.5. The Bertz CT molecular complexity index is 1250. The van der Waals surface area contributed by atoms with Gasteiger partial charge in [-0.1, -0.05) is 48.5 Å². The van der Waals surface area contributed by atoms with Gasteiger partial charge in [0.05, 0.1) is 17.1 Å². The van der Waals surface area contributed by atoms with Crippen molar-refractivity contribution in [1.29, 1.82) is 0 Å². The first-order valence-corrected chi connectivity index (χ1v) is 11.1. The average Bonchev–Trinajstić information content (AvgIpc) is 3.18. The maximum Gasteiger partial charge on any atom is 0.251 e. The summed E-state index contributed by atoms with van der Waals surface area (Å²) in [6.07, 6.45) is 0. The van der Waals surface area contributed by atoms with E-state index in [0.717, 1.165) is 16.7 Å². The molecule has 2 amide bonds. The number of para-hydroxylation sites is 3. The molecule has 0 fully saturated rings. The number of aromatic nitrogens is 2. The molecule has 0 aliphatic carbocycles. The average molecular weight is 441 g/mol. The van der Waals surface area contributed by atoms with Crippen LogP contribution >= 0.6 is 0 Å². The van der Waals surface area contributed by atoms with Gasteiger partial charge in [-0.25, -0.2) is 4.98 Å². The fourth-order valence-electron chi connectivity index (χ4n) is 4.06. The molecule has 1 N–H and O–H groups in total. The van der Waals surface area contributed by atoms with Crippen molar-refractivity contribution >= 4 is 28.5 Å². The number of hydrogen-bond acceptors (Lipinski definition) is 3. The number of anilines is 1. The summed E-state index contributed by atoms with van der Waals surface area (Å²) >= 11 is 0. The number of carbonyl (C=O) groups excluding carboxylic acids is 2. The van der Waals surface area contributed by atoms with Gasteiger partial charge in [-0.2, -0.15) is 0 Å². The Morgan fingerprint density at radius 1 is 0.879 bits per heavy atom. The van der Waals surface area contributed by atoms with E-state index in [0.29, 0.717) is 11.4 Å². The first-order chi connectivity index (χ1) is 16.0. The van der Waals surface area contributed by atoms with Crippen LogP contribution in [0.15, 0.2) is 84.9 Å². The highest BCUT2D eigenvalue weighted by atomic mass is 16.2. The Labute approximate surface area is 193 Å². The molecule has 1 aromatic heterocycles. The van der Waals surface area contributed by atoms with Gasteiger partial charge >= 0.3 is 0 Å². The van der Waals surface area contributed by atoms with Crippen LogP contribution in [-0.4, -0.2) is 27.4 Å². The molecule has 0 spiro atoms. The first-order valence-electron chi connectivity index (χ1n) is 11.1. The van der Waals surface area contributed by atoms with Crippen molar-refractivity contribution in [2.24, 2.45) is 0 Å². The number of amides is 2. The maximum absolute atomic E-state index is 13.5. The van der Waals surface area contributed by atoms with E-state index >= 15 is 0 Å². The molecule has 6 nitrogen and oxygen atoms in total. The van der Waals surface area contributed by atoms with Crippen molar-refractivity contribution in [3.05, 3.63) is 96.3 Å². The highest BCUT2D eigenvalue weighted by Gasteiger charge is 2.24. The topological polar surface area (TPSA) is 67.2 Å². The van der Waals surface area contributed by atoms with E-state index in [4.69, 9.17) is 4.98 Å². The lowest BCUT2D eigenvalue weighted by Crippen LogP contribution is -2.40. The third-order valence-electron chi connectivity index (χ3n) is 5.57. The van der Waals surface area contributed by atoms with Crippen LogP contribution in [-0.2, 0) is 11.3 Å². The largest absolute Gasteiger partial charge is 0.342 e. The van der Waals surface area contributed by atoms with E-state index in [1.807, 2.05) is 98.1 Å². The predicted molar refractivity (Wildman–Crippen MR) is 131 cm³/mol. The summed E-state index contributed by atoms with van der Waals surface area (Å²) in [6, 6.07) is 26.1. The van der Waals surface area contributed by atoms with E-state index in [1.54, 1.807) is 17.0 Å². The molecule has 1 unspecified atom stereocenters. The van der Waals surface area contributed by atoms with Gasteiger partial charge in [-0.15, -0.1) is 0 Å². The van der Waals surface area contributed by atoms with Crippen molar-refractivity contribution < 1.29 is 9.59 Å². The van der Waals surface area contributed by atoms with Gasteiger partial charge in [0, 0.05) is 17.3 Å². The number of nitrogens with one attached hydrogen (secondary N) is 1. The Kier molecular flexibility index (Phi) is 6.54. The van der Waals surface area contributed by atoms with Crippen LogP contribution in [0, 0.1) is 0 Å². The molecule has 168 valence electrons. The minimum absolute atomic E-state index is 0.00616. The number of benzene rings is 3. The van der Waals surface area contributed by atoms with Crippen LogP contribution < -0.4 is 10.2 Å². The Morgan fingerprint density at radius 3 is 2.15 bits per heavy atom. The summed E-state index contributed by atoms with van der Waals surface area (Å²) in [5.41, 5.74) is 3.09. The van der Waals surface area contributed by atoms with Crippen LogP contribution in [0.25, 0.3) is 11.0 Å². The molecule has 3 aromatic carbocycles. The number of nitrogens with zero attached hydrogens (tertiary/aromatic N) is 3. The quantitative estimate of drug-likeness (QED) is 0.441. The Hall–Kier alpha value is -3.93. The molecule has 0 radical (unpaired) electrons. The molecule has 0 saturated heterocycles. The van der Waals surface area contributed by atoms with Crippen LogP contribution in [0.1, 0.15) is 43.0 Å². The fourth-order valence-corrected chi connectivity index (χ4v) is 4.06. The first kappa shape index (κ1) is 22.3. The number of rotatable bonds is 7. The van der Waals surface area contributed by atoms with Gasteiger partial charge in [0.15, 0.2) is 0 Å². The zero-order valence-corrected chi connectivity index (χ0v) is 19.1. The normalized spacial score (nSPS) is 12.0. The molecule has 0 saturated carbocycles. The molecular formula is C27H28N4O2. The van der Waals surface area contributed by atoms with E-state index in [-0.39, 0.29) is 30.4 Å². The Morgan fingerprint density at radius 2 is 1.48 bits per heavy atom. The number of hydrogen-bond donors (Lipinski definition) is 1. The molecule has 0 bridgehead atoms. The minimum atomic E-state index is -0.387. The Balaban J connectivity index is 1.66. The van der Waals surface area contributed by atoms with Gasteiger partial charge in [-0.3, -0.25) is 9.59 Å². The smallest absolute Gasteiger partial charge is 0.251 e. The summed E-state index contributed by atoms with van der Waals surface area (Å²) in [5, 5.41) is 3.02. The van der Waals surface area contributed by atoms with E-state index in [9.17, 15) is 9.59 Å². The summed E-state index contributed by atoms with van der Waals surface area (Å²) in [7, 11) is 0. The third kappa shape index (κ3) is 4.80. The van der Waals surface area contributed by atoms with Crippen molar-refractivity contribution in [3.8, 4) is 0 Å². The highest BCUT2D eigenvalue weighted by molar-refractivity contribution is 5.95. The zero-order valence-electron chi connectivity index (χ0n) is 19.1. The van der Waals surface area contributed by atoms with Gasteiger partial charge in [-0.05, 0) is 57.2 Å². The molecule has 0 aliphatic heterocycles. The van der Waals surface area contributed by atoms with Gasteiger partial charge in [0.25, 0.3) is 5.91 Å². The van der Waals surface area contributed by atoms with Crippen molar-refractivity contribution in [2.45, 2.75) is 39.4 Å². The molecule has 4 rings (SSSR count). The molecule has 1 heterocycles. The van der Waals surface area contributed by atoms with Crippen LogP contribution in [0.4, 0.5) is 5.69 Å². The third-order valence-corrected chi connectivity index (χ3v) is 5.57. The minimum Gasteiger partial charge on any atom is -0.342 e. The van der Waals surface area contributed by atoms with Gasteiger partial charge in [0.2, 0.25) is 5.91 Å². The SMILES string of the molecule is CC(NC(=O)c1ccccc1)c1nc2ccccc2n1CC(=O)N(c1ccccc1)C(C)C. The second-order valence-electron chi connectivity index (χ2n) is 8.30. The van der Waals surface area contributed by atoms with E-state index in [2.05, 4.69) is 5.32 Å². The monoisotopic (exact) mass is 440 g/mol. The lowest BCUT2D eigenvalue weighted by atomic mass is 10.2. The van der Waals surface area contributed by atoms with Crippen molar-refractivity contribution in [2.75, 3.05) is 4.90 Å². The second kappa shape index (κ2) is 9.69. The number of fused-ring (bicyclic) bond motifs is 1. The predicted octanol–water partition coefficient (Wildman–Crippen LogP) is 4.97.